The van der Waals surface area contributed by atoms with Crippen molar-refractivity contribution in [1.29, 1.82) is 0 Å². The molecule has 0 atom stereocenters. The average Bonchev–Trinajstić information content (AvgIpc) is 2.30. The molecule has 1 aliphatic rings. The maximum atomic E-state index is 10.7. The van der Waals surface area contributed by atoms with Gasteiger partial charge in [0.1, 0.15) is 5.82 Å². The number of carboxylic acids is 1. The van der Waals surface area contributed by atoms with Crippen LogP contribution in [0.4, 0.5) is 5.82 Å². The minimum Gasteiger partial charge on any atom is -0.476 e. The lowest BCUT2D eigenvalue weighted by atomic mass is 9.96. The zero-order valence-electron chi connectivity index (χ0n) is 9.02. The second-order valence-corrected chi connectivity index (χ2v) is 4.07. The van der Waals surface area contributed by atoms with Crippen molar-refractivity contribution in [2.24, 2.45) is 0 Å². The highest BCUT2D eigenvalue weighted by Crippen LogP contribution is 2.20. The van der Waals surface area contributed by atoms with E-state index in [4.69, 9.17) is 5.11 Å². The van der Waals surface area contributed by atoms with Crippen molar-refractivity contribution in [2.75, 3.05) is 5.32 Å². The monoisotopic (exact) mass is 221 g/mol. The molecule has 1 aromatic rings. The van der Waals surface area contributed by atoms with Gasteiger partial charge in [0.2, 0.25) is 0 Å². The van der Waals surface area contributed by atoms with Gasteiger partial charge in [0.15, 0.2) is 5.69 Å². The first-order valence-corrected chi connectivity index (χ1v) is 5.57. The number of carboxylic acid groups (broad SMARTS) is 1. The van der Waals surface area contributed by atoms with E-state index in [1.165, 1.54) is 25.5 Å². The van der Waals surface area contributed by atoms with Crippen molar-refractivity contribution in [2.45, 2.75) is 38.1 Å². The number of hydrogen-bond acceptors (Lipinski definition) is 4. The fourth-order valence-corrected chi connectivity index (χ4v) is 1.99. The maximum Gasteiger partial charge on any atom is 0.356 e. The summed E-state index contributed by atoms with van der Waals surface area (Å²) in [5.41, 5.74) is -0.0131. The molecule has 0 radical (unpaired) electrons. The predicted octanol–water partition coefficient (Wildman–Crippen LogP) is 1.92. The standard InChI is InChI=1S/C11H15N3O2/c15-11(16)9-6-12-7-10(14-9)13-8-4-2-1-3-5-8/h6-8H,1-5H2,(H,13,14)(H,15,16). The molecule has 86 valence electrons. The highest BCUT2D eigenvalue weighted by molar-refractivity contribution is 5.85. The average molecular weight is 221 g/mol. The molecule has 0 aliphatic heterocycles. The molecule has 0 amide bonds. The van der Waals surface area contributed by atoms with E-state index in [-0.39, 0.29) is 5.69 Å². The fourth-order valence-electron chi connectivity index (χ4n) is 1.99. The summed E-state index contributed by atoms with van der Waals surface area (Å²) >= 11 is 0. The van der Waals surface area contributed by atoms with Crippen LogP contribution in [0.1, 0.15) is 42.6 Å². The normalized spacial score (nSPS) is 17.0. The Balaban J connectivity index is 2.02. The lowest BCUT2D eigenvalue weighted by molar-refractivity contribution is 0.0690. The Hall–Kier alpha value is -1.65. The highest BCUT2D eigenvalue weighted by atomic mass is 16.4. The van der Waals surface area contributed by atoms with E-state index in [0.717, 1.165) is 12.8 Å². The van der Waals surface area contributed by atoms with Crippen LogP contribution in [0.5, 0.6) is 0 Å². The quantitative estimate of drug-likeness (QED) is 0.815. The van der Waals surface area contributed by atoms with Crippen molar-refractivity contribution >= 4 is 11.8 Å². The van der Waals surface area contributed by atoms with Crippen LogP contribution in [0.15, 0.2) is 12.4 Å². The number of anilines is 1. The second-order valence-electron chi connectivity index (χ2n) is 4.07. The Morgan fingerprint density at radius 2 is 2.06 bits per heavy atom. The molecule has 1 heterocycles. The van der Waals surface area contributed by atoms with Crippen molar-refractivity contribution in [3.05, 3.63) is 18.1 Å². The molecule has 2 rings (SSSR count). The van der Waals surface area contributed by atoms with E-state index in [9.17, 15) is 4.79 Å². The summed E-state index contributed by atoms with van der Waals surface area (Å²) in [6.07, 6.45) is 8.82. The third kappa shape index (κ3) is 2.68. The Morgan fingerprint density at radius 3 is 2.75 bits per heavy atom. The van der Waals surface area contributed by atoms with Crippen molar-refractivity contribution in [3.63, 3.8) is 0 Å². The molecule has 1 saturated carbocycles. The predicted molar refractivity (Wildman–Crippen MR) is 59.5 cm³/mol. The smallest absolute Gasteiger partial charge is 0.356 e. The van der Waals surface area contributed by atoms with Crippen LogP contribution >= 0.6 is 0 Å². The summed E-state index contributed by atoms with van der Waals surface area (Å²) < 4.78 is 0. The number of hydrogen-bond donors (Lipinski definition) is 2. The fraction of sp³-hybridized carbons (Fsp3) is 0.545. The molecule has 1 fully saturated rings. The zero-order valence-corrected chi connectivity index (χ0v) is 9.02. The van der Waals surface area contributed by atoms with E-state index in [1.807, 2.05) is 0 Å². The molecule has 0 saturated heterocycles. The Bertz CT molecular complexity index is 375. The summed E-state index contributed by atoms with van der Waals surface area (Å²) in [7, 11) is 0. The summed E-state index contributed by atoms with van der Waals surface area (Å²) in [5, 5.41) is 12.0. The molecule has 2 N–H and O–H groups in total. The largest absolute Gasteiger partial charge is 0.476 e. The summed E-state index contributed by atoms with van der Waals surface area (Å²) in [6, 6.07) is 0.409. The third-order valence-electron chi connectivity index (χ3n) is 2.81. The van der Waals surface area contributed by atoms with E-state index in [0.29, 0.717) is 11.9 Å². The minimum absolute atomic E-state index is 0.0131. The van der Waals surface area contributed by atoms with Crippen molar-refractivity contribution < 1.29 is 9.90 Å². The van der Waals surface area contributed by atoms with Crippen molar-refractivity contribution in [3.8, 4) is 0 Å². The van der Waals surface area contributed by atoms with Crippen LogP contribution in [-0.4, -0.2) is 27.1 Å². The van der Waals surface area contributed by atoms with E-state index in [2.05, 4.69) is 15.3 Å². The van der Waals surface area contributed by atoms with Gasteiger partial charge in [-0.15, -0.1) is 0 Å². The number of aromatic nitrogens is 2. The number of nitrogens with one attached hydrogen (secondary N) is 1. The minimum atomic E-state index is -1.04. The molecule has 0 bridgehead atoms. The van der Waals surface area contributed by atoms with Crippen LogP contribution in [0, 0.1) is 0 Å². The summed E-state index contributed by atoms with van der Waals surface area (Å²) in [4.78, 5) is 18.6. The molecule has 5 heteroatoms. The molecular formula is C11H15N3O2. The maximum absolute atomic E-state index is 10.7. The van der Waals surface area contributed by atoms with E-state index in [1.54, 1.807) is 6.20 Å². The first-order chi connectivity index (χ1) is 7.75. The van der Waals surface area contributed by atoms with Gasteiger partial charge in [-0.1, -0.05) is 19.3 Å². The van der Waals surface area contributed by atoms with Gasteiger partial charge in [-0.3, -0.25) is 4.98 Å². The molecule has 1 aromatic heterocycles. The van der Waals surface area contributed by atoms with Crippen LogP contribution in [-0.2, 0) is 0 Å². The highest BCUT2D eigenvalue weighted by Gasteiger charge is 2.14. The van der Waals surface area contributed by atoms with E-state index >= 15 is 0 Å². The Kier molecular flexibility index (Phi) is 3.34. The molecular weight excluding hydrogens is 206 g/mol. The number of carbonyl (C=O) groups is 1. The number of rotatable bonds is 3. The first kappa shape index (κ1) is 10.9. The second kappa shape index (κ2) is 4.92. The van der Waals surface area contributed by atoms with Gasteiger partial charge in [0, 0.05) is 6.04 Å². The number of nitrogens with zero attached hydrogens (tertiary/aromatic N) is 2. The molecule has 0 spiro atoms. The van der Waals surface area contributed by atoms with Gasteiger partial charge in [-0.05, 0) is 12.8 Å². The number of aromatic carboxylic acids is 1. The lowest BCUT2D eigenvalue weighted by Crippen LogP contribution is -2.23. The van der Waals surface area contributed by atoms with Gasteiger partial charge in [-0.2, -0.15) is 0 Å². The lowest BCUT2D eigenvalue weighted by Gasteiger charge is -2.23. The van der Waals surface area contributed by atoms with Crippen LogP contribution < -0.4 is 5.32 Å². The molecule has 5 nitrogen and oxygen atoms in total. The molecule has 1 aliphatic carbocycles. The van der Waals surface area contributed by atoms with Gasteiger partial charge in [0.25, 0.3) is 0 Å². The van der Waals surface area contributed by atoms with Gasteiger partial charge in [0.05, 0.1) is 12.4 Å². The SMILES string of the molecule is O=C(O)c1cncc(NC2CCCCC2)n1. The van der Waals surface area contributed by atoms with Crippen molar-refractivity contribution in [1.82, 2.24) is 9.97 Å². The molecule has 0 unspecified atom stereocenters. The van der Waals surface area contributed by atoms with Gasteiger partial charge < -0.3 is 10.4 Å². The molecule has 0 aromatic carbocycles. The van der Waals surface area contributed by atoms with Crippen LogP contribution in [0.25, 0.3) is 0 Å². The van der Waals surface area contributed by atoms with Crippen LogP contribution in [0.2, 0.25) is 0 Å². The third-order valence-corrected chi connectivity index (χ3v) is 2.81. The summed E-state index contributed by atoms with van der Waals surface area (Å²) in [6.45, 7) is 0. The Labute approximate surface area is 93.9 Å². The van der Waals surface area contributed by atoms with Gasteiger partial charge >= 0.3 is 5.97 Å². The summed E-state index contributed by atoms with van der Waals surface area (Å²) in [5.74, 6) is -0.480. The molecule has 16 heavy (non-hydrogen) atoms. The first-order valence-electron chi connectivity index (χ1n) is 5.57. The van der Waals surface area contributed by atoms with Gasteiger partial charge in [-0.25, -0.2) is 9.78 Å². The van der Waals surface area contributed by atoms with Crippen LogP contribution in [0.3, 0.4) is 0 Å². The zero-order chi connectivity index (χ0) is 11.4. The Morgan fingerprint density at radius 1 is 1.31 bits per heavy atom. The topological polar surface area (TPSA) is 75.1 Å². The van der Waals surface area contributed by atoms with E-state index < -0.39 is 5.97 Å².